The van der Waals surface area contributed by atoms with Crippen molar-refractivity contribution in [3.05, 3.63) is 64.7 Å². The maximum Gasteiger partial charge on any atom is 0.307 e. The molecule has 4 nitrogen and oxygen atoms in total. The van der Waals surface area contributed by atoms with E-state index in [0.29, 0.717) is 17.3 Å². The third kappa shape index (κ3) is 7.20. The van der Waals surface area contributed by atoms with Gasteiger partial charge < -0.3 is 10.1 Å². The number of carbonyl (C=O) groups is 2. The van der Waals surface area contributed by atoms with Gasteiger partial charge in [-0.1, -0.05) is 35.9 Å². The van der Waals surface area contributed by atoms with Gasteiger partial charge in [-0.2, -0.15) is 0 Å². The normalized spacial score (nSPS) is 10.3. The van der Waals surface area contributed by atoms with Gasteiger partial charge in [-0.25, -0.2) is 0 Å². The van der Waals surface area contributed by atoms with Crippen LogP contribution in [0.5, 0.6) is 0 Å². The summed E-state index contributed by atoms with van der Waals surface area (Å²) in [6.45, 7) is 2.16. The van der Waals surface area contributed by atoms with E-state index in [9.17, 15) is 9.59 Å². The van der Waals surface area contributed by atoms with Crippen molar-refractivity contribution in [2.45, 2.75) is 24.8 Å². The van der Waals surface area contributed by atoms with Crippen LogP contribution in [-0.2, 0) is 20.9 Å². The Morgan fingerprint density at radius 1 is 1.12 bits per heavy atom. The number of ether oxygens (including phenoxy) is 1. The van der Waals surface area contributed by atoms with Gasteiger partial charge in [-0.15, -0.1) is 11.8 Å². The first kappa shape index (κ1) is 19.3. The van der Waals surface area contributed by atoms with E-state index in [2.05, 4.69) is 5.32 Å². The van der Waals surface area contributed by atoms with Crippen molar-refractivity contribution in [3.63, 3.8) is 0 Å². The molecule has 2 rings (SSSR count). The highest BCUT2D eigenvalue weighted by atomic mass is 35.5. The monoisotopic (exact) mass is 377 g/mol. The molecule has 0 aliphatic rings. The van der Waals surface area contributed by atoms with Crippen LogP contribution in [0.1, 0.15) is 17.5 Å². The summed E-state index contributed by atoms with van der Waals surface area (Å²) in [7, 11) is 0. The molecular formula is C19H20ClNO3S. The van der Waals surface area contributed by atoms with E-state index < -0.39 is 0 Å². The zero-order valence-corrected chi connectivity index (χ0v) is 15.5. The third-order valence-electron chi connectivity index (χ3n) is 3.49. The Kier molecular flexibility index (Phi) is 7.82. The van der Waals surface area contributed by atoms with Gasteiger partial charge in [0, 0.05) is 22.2 Å². The quantitative estimate of drug-likeness (QED) is 0.558. The van der Waals surface area contributed by atoms with Crippen LogP contribution in [0.15, 0.2) is 53.4 Å². The smallest absolute Gasteiger partial charge is 0.307 e. The molecule has 6 heteroatoms. The summed E-state index contributed by atoms with van der Waals surface area (Å²) in [6, 6.07) is 15.2. The van der Waals surface area contributed by atoms with Crippen LogP contribution in [0.4, 0.5) is 0 Å². The Labute approximate surface area is 156 Å². The molecule has 2 aromatic rings. The summed E-state index contributed by atoms with van der Waals surface area (Å²) in [5.41, 5.74) is 2.15. The number of thioether (sulfide) groups is 1. The van der Waals surface area contributed by atoms with E-state index >= 15 is 0 Å². The molecule has 1 N–H and O–H groups in total. The van der Waals surface area contributed by atoms with Gasteiger partial charge in [0.05, 0.1) is 6.42 Å². The molecule has 2 aromatic carbocycles. The van der Waals surface area contributed by atoms with Gasteiger partial charge in [0.2, 0.25) is 0 Å². The van der Waals surface area contributed by atoms with Crippen molar-refractivity contribution >= 4 is 35.2 Å². The van der Waals surface area contributed by atoms with E-state index in [1.165, 1.54) is 0 Å². The molecule has 132 valence electrons. The number of carbonyl (C=O) groups excluding carboxylic acids is 2. The highest BCUT2D eigenvalue weighted by Gasteiger charge is 2.08. The van der Waals surface area contributed by atoms with Gasteiger partial charge in [0.1, 0.15) is 0 Å². The molecule has 0 saturated heterocycles. The van der Waals surface area contributed by atoms with Crippen molar-refractivity contribution in [1.82, 2.24) is 5.32 Å². The molecule has 1 amide bonds. The molecule has 0 atom stereocenters. The average Bonchev–Trinajstić information content (AvgIpc) is 2.61. The maximum absolute atomic E-state index is 11.8. The molecule has 0 unspecified atom stereocenters. The minimum Gasteiger partial charge on any atom is -0.456 e. The van der Waals surface area contributed by atoms with Crippen LogP contribution in [0.3, 0.4) is 0 Å². The van der Waals surface area contributed by atoms with Crippen LogP contribution in [0, 0.1) is 6.92 Å². The molecule has 0 heterocycles. The Hall–Kier alpha value is -1.98. The van der Waals surface area contributed by atoms with Crippen LogP contribution in [0.2, 0.25) is 5.02 Å². The summed E-state index contributed by atoms with van der Waals surface area (Å²) < 4.78 is 4.99. The lowest BCUT2D eigenvalue weighted by molar-refractivity contribution is -0.148. The van der Waals surface area contributed by atoms with Gasteiger partial charge in [-0.05, 0) is 42.3 Å². The number of amides is 1. The van der Waals surface area contributed by atoms with Crippen molar-refractivity contribution in [1.29, 1.82) is 0 Å². The van der Waals surface area contributed by atoms with Crippen LogP contribution >= 0.6 is 23.4 Å². The topological polar surface area (TPSA) is 55.4 Å². The third-order valence-corrected chi connectivity index (χ3v) is 4.76. The molecule has 0 bridgehead atoms. The van der Waals surface area contributed by atoms with Gasteiger partial charge in [-0.3, -0.25) is 9.59 Å². The molecule has 0 saturated carbocycles. The van der Waals surface area contributed by atoms with Crippen molar-refractivity contribution in [2.75, 3.05) is 12.4 Å². The zero-order valence-electron chi connectivity index (χ0n) is 14.0. The largest absolute Gasteiger partial charge is 0.456 e. The lowest BCUT2D eigenvalue weighted by atomic mass is 10.1. The number of halogens is 1. The molecule has 0 spiro atoms. The van der Waals surface area contributed by atoms with E-state index in [1.807, 2.05) is 43.3 Å². The minimum atomic E-state index is -0.382. The average molecular weight is 378 g/mol. The number of hydrogen-bond acceptors (Lipinski definition) is 4. The summed E-state index contributed by atoms with van der Waals surface area (Å²) in [5.74, 6) is -0.0971. The van der Waals surface area contributed by atoms with Gasteiger partial charge >= 0.3 is 5.97 Å². The Morgan fingerprint density at radius 2 is 1.84 bits per heavy atom. The number of rotatable bonds is 8. The highest BCUT2D eigenvalue weighted by Crippen LogP contribution is 2.20. The number of aryl methyl sites for hydroxylation is 1. The summed E-state index contributed by atoms with van der Waals surface area (Å²) in [6.07, 6.45) is 0.248. The second-order valence-electron chi connectivity index (χ2n) is 5.42. The van der Waals surface area contributed by atoms with Crippen molar-refractivity contribution in [3.8, 4) is 0 Å². The summed E-state index contributed by atoms with van der Waals surface area (Å²) in [4.78, 5) is 24.5. The summed E-state index contributed by atoms with van der Waals surface area (Å²) in [5, 5.41) is 3.43. The Morgan fingerprint density at radius 3 is 2.56 bits per heavy atom. The molecule has 0 aromatic heterocycles. The van der Waals surface area contributed by atoms with Gasteiger partial charge in [0.15, 0.2) is 6.61 Å². The predicted molar refractivity (Wildman–Crippen MR) is 101 cm³/mol. The molecule has 0 radical (unpaired) electrons. The Balaban J connectivity index is 1.61. The fourth-order valence-electron chi connectivity index (χ4n) is 2.05. The van der Waals surface area contributed by atoms with E-state index in [4.69, 9.17) is 16.3 Å². The molecule has 25 heavy (non-hydrogen) atoms. The predicted octanol–water partition coefficient (Wildman–Crippen LogP) is 3.99. The highest BCUT2D eigenvalue weighted by molar-refractivity contribution is 7.99. The fourth-order valence-corrected chi connectivity index (χ4v) is 3.01. The van der Waals surface area contributed by atoms with Crippen LogP contribution in [-0.4, -0.2) is 24.2 Å². The maximum atomic E-state index is 11.8. The summed E-state index contributed by atoms with van der Waals surface area (Å²) >= 11 is 7.36. The lowest BCUT2D eigenvalue weighted by Gasteiger charge is -2.08. The number of esters is 1. The second-order valence-corrected chi connectivity index (χ2v) is 7.02. The van der Waals surface area contributed by atoms with Crippen LogP contribution < -0.4 is 5.32 Å². The van der Waals surface area contributed by atoms with E-state index in [1.54, 1.807) is 23.9 Å². The van der Waals surface area contributed by atoms with E-state index in [-0.39, 0.29) is 24.9 Å². The van der Waals surface area contributed by atoms with E-state index in [0.717, 1.165) is 16.0 Å². The Bertz CT molecular complexity index is 719. The fraction of sp³-hybridized carbons (Fsp3) is 0.263. The lowest BCUT2D eigenvalue weighted by Crippen LogP contribution is -2.28. The number of hydrogen-bond donors (Lipinski definition) is 1. The molecule has 0 aliphatic carbocycles. The molecular weight excluding hydrogens is 358 g/mol. The zero-order chi connectivity index (χ0) is 18.1. The molecule has 0 fully saturated rings. The first-order valence-electron chi connectivity index (χ1n) is 7.90. The standard InChI is InChI=1S/C19H20ClNO3S/c1-14-4-2-3-5-15(14)12-21-18(22)13-24-19(23)10-11-25-17-8-6-16(20)7-9-17/h2-9H,10-13H2,1H3,(H,21,22). The van der Waals surface area contributed by atoms with Crippen LogP contribution in [0.25, 0.3) is 0 Å². The SMILES string of the molecule is Cc1ccccc1CNC(=O)COC(=O)CCSc1ccc(Cl)cc1. The molecule has 0 aliphatic heterocycles. The first-order valence-corrected chi connectivity index (χ1v) is 9.26. The van der Waals surface area contributed by atoms with Gasteiger partial charge in [0.25, 0.3) is 5.91 Å². The second kappa shape index (κ2) is 10.1. The van der Waals surface area contributed by atoms with Crippen molar-refractivity contribution < 1.29 is 14.3 Å². The number of nitrogens with one attached hydrogen (secondary N) is 1. The first-order chi connectivity index (χ1) is 12.0. The minimum absolute atomic E-state index is 0.248. The van der Waals surface area contributed by atoms with Crippen molar-refractivity contribution in [2.24, 2.45) is 0 Å². The number of benzene rings is 2.